The number of nitrogens with zero attached hydrogens (tertiary/aromatic N) is 3. The molecule has 1 amide bonds. The number of ether oxygens (including phenoxy) is 2. The van der Waals surface area contributed by atoms with E-state index in [1.165, 1.54) is 32.4 Å². The largest absolute Gasteiger partial charge is 0.497 e. The number of amides is 1. The van der Waals surface area contributed by atoms with Gasteiger partial charge in [-0.3, -0.25) is 4.79 Å². The Kier molecular flexibility index (Phi) is 4.66. The molecule has 0 spiro atoms. The Balaban J connectivity index is 2.07. The van der Waals surface area contributed by atoms with E-state index in [2.05, 4.69) is 15.0 Å². The number of halogens is 1. The van der Waals surface area contributed by atoms with Gasteiger partial charge in [0.1, 0.15) is 22.8 Å². The minimum Gasteiger partial charge on any atom is -0.497 e. The first kappa shape index (κ1) is 19.1. The predicted octanol–water partition coefficient (Wildman–Crippen LogP) is 2.03. The van der Waals surface area contributed by atoms with Crippen molar-refractivity contribution in [2.75, 3.05) is 14.2 Å². The van der Waals surface area contributed by atoms with Gasteiger partial charge in [0.25, 0.3) is 5.91 Å². The number of benzene rings is 2. The lowest BCUT2D eigenvalue weighted by Crippen LogP contribution is -2.16. The van der Waals surface area contributed by atoms with Crippen molar-refractivity contribution in [3.63, 3.8) is 0 Å². The number of nitrogens with one attached hydrogen (secondary N) is 1. The lowest BCUT2D eigenvalue weighted by Gasteiger charge is -2.11. The molecule has 9 nitrogen and oxygen atoms in total. The Labute approximate surface area is 168 Å². The molecular formula is C20H16FN5O4. The van der Waals surface area contributed by atoms with Crippen LogP contribution in [0.1, 0.15) is 10.5 Å². The van der Waals surface area contributed by atoms with E-state index in [-0.39, 0.29) is 28.4 Å². The van der Waals surface area contributed by atoms with Crippen LogP contribution in [0.15, 0.2) is 47.3 Å². The third kappa shape index (κ3) is 3.04. The van der Waals surface area contributed by atoms with Gasteiger partial charge in [-0.25, -0.2) is 23.7 Å². The highest BCUT2D eigenvalue weighted by atomic mass is 19.1. The summed E-state index contributed by atoms with van der Waals surface area (Å²) in [5.74, 6) is -0.530. The van der Waals surface area contributed by atoms with Crippen LogP contribution in [0, 0.1) is 5.82 Å². The number of imidazole rings is 1. The maximum atomic E-state index is 14.4. The Morgan fingerprint density at radius 3 is 2.57 bits per heavy atom. The SMILES string of the molecule is COc1ccc(-c2nc(C(N)=O)c3[nH]c(=O)n(-c4ccccc4F)c3n2)c(OC)c1. The second-order valence-corrected chi connectivity index (χ2v) is 6.24. The normalized spacial score (nSPS) is 10.9. The molecule has 2 aromatic carbocycles. The monoisotopic (exact) mass is 409 g/mol. The molecule has 0 fully saturated rings. The Morgan fingerprint density at radius 1 is 1.13 bits per heavy atom. The number of para-hydroxylation sites is 1. The number of fused-ring (bicyclic) bond motifs is 1. The Morgan fingerprint density at radius 2 is 1.90 bits per heavy atom. The third-order valence-corrected chi connectivity index (χ3v) is 4.51. The van der Waals surface area contributed by atoms with Crippen LogP contribution in [0.5, 0.6) is 11.5 Å². The predicted molar refractivity (Wildman–Crippen MR) is 107 cm³/mol. The molecule has 4 aromatic rings. The summed E-state index contributed by atoms with van der Waals surface area (Å²) in [4.78, 5) is 35.8. The van der Waals surface area contributed by atoms with E-state index in [0.717, 1.165) is 4.57 Å². The number of methoxy groups -OCH3 is 2. The quantitative estimate of drug-likeness (QED) is 0.520. The number of H-pyrrole nitrogens is 1. The van der Waals surface area contributed by atoms with Crippen LogP contribution in [0.3, 0.4) is 0 Å². The Hall–Kier alpha value is -4.21. The second-order valence-electron chi connectivity index (χ2n) is 6.24. The van der Waals surface area contributed by atoms with E-state index in [1.807, 2.05) is 0 Å². The number of carbonyl (C=O) groups excluding carboxylic acids is 1. The van der Waals surface area contributed by atoms with Crippen molar-refractivity contribution in [3.8, 4) is 28.6 Å². The van der Waals surface area contributed by atoms with Gasteiger partial charge in [0.15, 0.2) is 17.2 Å². The van der Waals surface area contributed by atoms with Crippen LogP contribution < -0.4 is 20.9 Å². The number of hydrogen-bond acceptors (Lipinski definition) is 6. The van der Waals surface area contributed by atoms with Gasteiger partial charge in [-0.2, -0.15) is 0 Å². The van der Waals surface area contributed by atoms with E-state index in [1.54, 1.807) is 24.3 Å². The average molecular weight is 409 g/mol. The van der Waals surface area contributed by atoms with Crippen LogP contribution in [0.4, 0.5) is 4.39 Å². The summed E-state index contributed by atoms with van der Waals surface area (Å²) in [5.41, 5.74) is 4.99. The summed E-state index contributed by atoms with van der Waals surface area (Å²) >= 11 is 0. The molecular weight excluding hydrogens is 393 g/mol. The van der Waals surface area contributed by atoms with Crippen molar-refractivity contribution in [1.29, 1.82) is 0 Å². The Bertz CT molecular complexity index is 1350. The van der Waals surface area contributed by atoms with Gasteiger partial charge in [0.05, 0.1) is 25.5 Å². The lowest BCUT2D eigenvalue weighted by atomic mass is 10.1. The highest BCUT2D eigenvalue weighted by Crippen LogP contribution is 2.32. The van der Waals surface area contributed by atoms with E-state index in [4.69, 9.17) is 15.2 Å². The van der Waals surface area contributed by atoms with Crippen LogP contribution in [0.2, 0.25) is 0 Å². The molecule has 2 heterocycles. The summed E-state index contributed by atoms with van der Waals surface area (Å²) in [7, 11) is 2.96. The molecule has 30 heavy (non-hydrogen) atoms. The van der Waals surface area contributed by atoms with Crippen LogP contribution in [-0.4, -0.2) is 39.6 Å². The van der Waals surface area contributed by atoms with Gasteiger partial charge < -0.3 is 20.2 Å². The molecule has 0 atom stereocenters. The summed E-state index contributed by atoms with van der Waals surface area (Å²) in [5, 5.41) is 0. The zero-order chi connectivity index (χ0) is 21.4. The maximum Gasteiger partial charge on any atom is 0.332 e. The maximum absolute atomic E-state index is 14.4. The summed E-state index contributed by atoms with van der Waals surface area (Å²) < 4.78 is 26.0. The summed E-state index contributed by atoms with van der Waals surface area (Å²) in [6, 6.07) is 10.6. The van der Waals surface area contributed by atoms with Gasteiger partial charge in [0, 0.05) is 6.07 Å². The van der Waals surface area contributed by atoms with Crippen molar-refractivity contribution < 1.29 is 18.7 Å². The number of aromatic amines is 1. The first-order valence-electron chi connectivity index (χ1n) is 8.74. The van der Waals surface area contributed by atoms with Gasteiger partial charge in [-0.05, 0) is 24.3 Å². The van der Waals surface area contributed by atoms with Crippen LogP contribution in [-0.2, 0) is 0 Å². The molecule has 3 N–H and O–H groups in total. The van der Waals surface area contributed by atoms with E-state index in [9.17, 15) is 14.0 Å². The fourth-order valence-corrected chi connectivity index (χ4v) is 3.12. The standard InChI is InChI=1S/C20H16FN5O4/c1-29-10-7-8-11(14(9-10)30-2)18-23-15(17(22)27)16-19(25-18)26(20(28)24-16)13-6-4-3-5-12(13)21/h3-9H,1-2H3,(H2,22,27)(H,24,28). The fraction of sp³-hybridized carbons (Fsp3) is 0.100. The smallest absolute Gasteiger partial charge is 0.332 e. The minimum absolute atomic E-state index is 0.00164. The molecule has 0 aliphatic heterocycles. The third-order valence-electron chi connectivity index (χ3n) is 4.51. The summed E-state index contributed by atoms with van der Waals surface area (Å²) in [6.45, 7) is 0. The second kappa shape index (κ2) is 7.32. The van der Waals surface area contributed by atoms with E-state index < -0.39 is 17.4 Å². The molecule has 0 saturated carbocycles. The number of nitrogens with two attached hydrogens (primary N) is 1. The number of hydrogen-bond donors (Lipinski definition) is 2. The molecule has 0 radical (unpaired) electrons. The average Bonchev–Trinajstić information content (AvgIpc) is 3.08. The van der Waals surface area contributed by atoms with Crippen molar-refractivity contribution in [1.82, 2.24) is 19.5 Å². The van der Waals surface area contributed by atoms with Crippen LogP contribution in [0.25, 0.3) is 28.2 Å². The molecule has 152 valence electrons. The first-order valence-corrected chi connectivity index (χ1v) is 8.74. The zero-order valence-corrected chi connectivity index (χ0v) is 16.0. The molecule has 10 heteroatoms. The number of primary amides is 1. The highest BCUT2D eigenvalue weighted by Gasteiger charge is 2.22. The molecule has 0 bridgehead atoms. The first-order chi connectivity index (χ1) is 14.4. The summed E-state index contributed by atoms with van der Waals surface area (Å²) in [6.07, 6.45) is 0. The molecule has 2 aromatic heterocycles. The molecule has 0 unspecified atom stereocenters. The zero-order valence-electron chi connectivity index (χ0n) is 16.0. The minimum atomic E-state index is -0.877. The van der Waals surface area contributed by atoms with Crippen LogP contribution >= 0.6 is 0 Å². The van der Waals surface area contributed by atoms with Gasteiger partial charge in [0.2, 0.25) is 0 Å². The van der Waals surface area contributed by atoms with Gasteiger partial charge in [-0.15, -0.1) is 0 Å². The molecule has 0 aliphatic carbocycles. The number of rotatable bonds is 5. The van der Waals surface area contributed by atoms with Gasteiger partial charge in [-0.1, -0.05) is 12.1 Å². The van der Waals surface area contributed by atoms with Gasteiger partial charge >= 0.3 is 5.69 Å². The van der Waals surface area contributed by atoms with E-state index >= 15 is 0 Å². The van der Waals surface area contributed by atoms with Crippen molar-refractivity contribution >= 4 is 17.1 Å². The van der Waals surface area contributed by atoms with Crippen molar-refractivity contribution in [2.24, 2.45) is 5.73 Å². The fourth-order valence-electron chi connectivity index (χ4n) is 3.12. The number of carbonyl (C=O) groups is 1. The lowest BCUT2D eigenvalue weighted by molar-refractivity contribution is 0.0997. The van der Waals surface area contributed by atoms with Crippen molar-refractivity contribution in [2.45, 2.75) is 0 Å². The molecule has 4 rings (SSSR count). The highest BCUT2D eigenvalue weighted by molar-refractivity contribution is 6.02. The van der Waals surface area contributed by atoms with Crippen molar-refractivity contribution in [3.05, 3.63) is 64.5 Å². The molecule has 0 saturated heterocycles. The molecule has 0 aliphatic rings. The number of aromatic nitrogens is 4. The topological polar surface area (TPSA) is 125 Å². The van der Waals surface area contributed by atoms with E-state index in [0.29, 0.717) is 17.1 Å².